The Labute approximate surface area is 290 Å². The molecule has 9 nitrogen and oxygen atoms in total. The lowest BCUT2D eigenvalue weighted by molar-refractivity contribution is 0.588. The van der Waals surface area contributed by atoms with Gasteiger partial charge in [-0.05, 0) is 92.9 Å². The topological polar surface area (TPSA) is 153 Å². The number of nitrogens with zero attached hydrogens (tertiary/aromatic N) is 3. The smallest absolute Gasteiger partial charge is 0.354 e. The number of fused-ring (bicyclic) bond motifs is 1. The van der Waals surface area contributed by atoms with Gasteiger partial charge in [0.1, 0.15) is 5.65 Å². The number of rotatable bonds is 11. The molecule has 2 heterocycles. The molecule has 0 fully saturated rings. The normalized spacial score (nSPS) is 10.2. The van der Waals surface area contributed by atoms with Crippen LogP contribution in [0.5, 0.6) is 0 Å². The van der Waals surface area contributed by atoms with Gasteiger partial charge in [0.15, 0.2) is 5.96 Å². The van der Waals surface area contributed by atoms with Crippen LogP contribution < -0.4 is 28.2 Å². The molecular weight excluding hydrogens is 596 g/mol. The fourth-order valence-corrected chi connectivity index (χ4v) is 4.65. The monoisotopic (exact) mass is 663 g/mol. The largest absolute Gasteiger partial charge is 0.370 e. The van der Waals surface area contributed by atoms with E-state index in [1.54, 1.807) is 4.57 Å². The fourth-order valence-electron chi connectivity index (χ4n) is 4.65. The highest BCUT2D eigenvalue weighted by Gasteiger charge is 2.14. The van der Waals surface area contributed by atoms with Crippen LogP contribution in [0.1, 0.15) is 110 Å². The highest BCUT2D eigenvalue weighted by molar-refractivity contribution is 5.76. The zero-order chi connectivity index (χ0) is 36.7. The molecule has 8 N–H and O–H groups in total. The second-order valence-corrected chi connectivity index (χ2v) is 11.9. The van der Waals surface area contributed by atoms with E-state index >= 15 is 0 Å². The first kappa shape index (κ1) is 44.0. The van der Waals surface area contributed by atoms with E-state index in [9.17, 15) is 4.79 Å². The number of nitrogens with two attached hydrogens (primary N) is 3. The van der Waals surface area contributed by atoms with Crippen molar-refractivity contribution in [3.05, 3.63) is 93.2 Å². The van der Waals surface area contributed by atoms with Gasteiger partial charge in [-0.25, -0.2) is 4.79 Å². The van der Waals surface area contributed by atoms with E-state index in [2.05, 4.69) is 66.2 Å². The van der Waals surface area contributed by atoms with Gasteiger partial charge in [0.2, 0.25) is 0 Å². The van der Waals surface area contributed by atoms with Crippen LogP contribution in [0.15, 0.2) is 64.5 Å². The van der Waals surface area contributed by atoms with E-state index in [-0.39, 0.29) is 17.1 Å². The molecule has 0 radical (unpaired) electrons. The number of aliphatic imine (C=N–C) groups is 1. The predicted molar refractivity (Wildman–Crippen MR) is 209 cm³/mol. The first-order valence-corrected chi connectivity index (χ1v) is 17.7. The summed E-state index contributed by atoms with van der Waals surface area (Å²) in [6, 6.07) is 16.8. The Morgan fingerprint density at radius 1 is 0.896 bits per heavy atom. The maximum Gasteiger partial charge on any atom is 0.354 e. The molecule has 0 saturated carbocycles. The lowest BCUT2D eigenvalue weighted by atomic mass is 9.84. The van der Waals surface area contributed by atoms with Gasteiger partial charge in [0.05, 0.1) is 5.69 Å². The molecule has 0 aliphatic carbocycles. The summed E-state index contributed by atoms with van der Waals surface area (Å²) in [5.41, 5.74) is 23.8. The van der Waals surface area contributed by atoms with E-state index in [0.29, 0.717) is 12.2 Å². The van der Waals surface area contributed by atoms with Crippen LogP contribution in [0.3, 0.4) is 0 Å². The van der Waals surface area contributed by atoms with Crippen LogP contribution in [0.2, 0.25) is 0 Å². The Balaban J connectivity index is 0.000000864. The Morgan fingerprint density at radius 2 is 1.54 bits per heavy atom. The molecule has 0 aliphatic heterocycles. The fraction of sp³-hybridized carbons (Fsp3) is 0.513. The second kappa shape index (κ2) is 24.2. The summed E-state index contributed by atoms with van der Waals surface area (Å²) in [5.74, 6) is 0.123. The summed E-state index contributed by atoms with van der Waals surface area (Å²) in [6.07, 6.45) is 6.16. The number of nitrogens with one attached hydrogen (secondary N) is 2. The number of guanidine groups is 1. The number of aromatic amines is 1. The van der Waals surface area contributed by atoms with Crippen molar-refractivity contribution in [2.75, 3.05) is 19.6 Å². The molecule has 4 aromatic rings. The van der Waals surface area contributed by atoms with Crippen molar-refractivity contribution in [2.24, 2.45) is 22.2 Å². The molecule has 2 aromatic carbocycles. The van der Waals surface area contributed by atoms with Crippen molar-refractivity contribution in [3.8, 4) is 5.69 Å². The maximum absolute atomic E-state index is 12.2. The van der Waals surface area contributed by atoms with Crippen molar-refractivity contribution in [2.45, 2.75) is 114 Å². The number of unbranched alkanes of at least 4 members (excludes halogenated alkanes) is 1. The molecule has 9 heteroatoms. The average molecular weight is 663 g/mol. The van der Waals surface area contributed by atoms with E-state index < -0.39 is 0 Å². The minimum Gasteiger partial charge on any atom is -0.370 e. The van der Waals surface area contributed by atoms with Gasteiger partial charge in [-0.1, -0.05) is 98.2 Å². The van der Waals surface area contributed by atoms with E-state index in [1.807, 2.05) is 85.0 Å². The number of hydrogen-bond donors (Lipinski definition) is 5. The highest BCUT2D eigenvalue weighted by atomic mass is 16.1. The van der Waals surface area contributed by atoms with Crippen molar-refractivity contribution >= 4 is 17.0 Å². The number of H-pyrrole nitrogens is 1. The van der Waals surface area contributed by atoms with Crippen LogP contribution in [0.25, 0.3) is 16.7 Å². The third-order valence-corrected chi connectivity index (χ3v) is 6.92. The number of benzene rings is 2. The first-order chi connectivity index (χ1) is 23.0. The first-order valence-electron chi connectivity index (χ1n) is 17.7. The molecule has 0 unspecified atom stereocenters. The molecule has 0 atom stereocenters. The molecule has 48 heavy (non-hydrogen) atoms. The Hall–Kier alpha value is -3.95. The van der Waals surface area contributed by atoms with Crippen molar-refractivity contribution < 1.29 is 0 Å². The molecule has 268 valence electrons. The summed E-state index contributed by atoms with van der Waals surface area (Å²) in [5, 5.41) is 4.25. The molecule has 0 amide bonds. The highest BCUT2D eigenvalue weighted by Crippen LogP contribution is 2.25. The van der Waals surface area contributed by atoms with Crippen LogP contribution in [-0.2, 0) is 18.4 Å². The standard InChI is InChI=1S/C18H23N7O.C15H25N.3C2H6/c1-12-9-14-11-25(18(26)24-16(14)23-12)15-5-3-13(4-6-15)10-21-7-2-8-22-17(19)20;1-12-9-13(7-5-6-8-16)11-14(10-12)15(2,3)4;3*1-2/h3-6,9,11,21H,2,7-8,10H2,1H3,(H4,19,20,22)(H,23,24,26);9-11H,5-8,16H2,1-4H3;3*1-2H3. The van der Waals surface area contributed by atoms with E-state index in [0.717, 1.165) is 61.2 Å². The van der Waals surface area contributed by atoms with Gasteiger partial charge in [0.25, 0.3) is 0 Å². The van der Waals surface area contributed by atoms with Crippen molar-refractivity contribution in [1.29, 1.82) is 0 Å². The lowest BCUT2D eigenvalue weighted by Gasteiger charge is -2.20. The van der Waals surface area contributed by atoms with Gasteiger partial charge >= 0.3 is 5.69 Å². The van der Waals surface area contributed by atoms with Gasteiger partial charge in [0, 0.05) is 30.4 Å². The average Bonchev–Trinajstić information content (AvgIpc) is 3.43. The third kappa shape index (κ3) is 16.2. The molecule has 2 aromatic heterocycles. The summed E-state index contributed by atoms with van der Waals surface area (Å²) in [4.78, 5) is 23.3. The lowest BCUT2D eigenvalue weighted by Crippen LogP contribution is -2.23. The van der Waals surface area contributed by atoms with Gasteiger partial charge in [-0.3, -0.25) is 9.56 Å². The minimum atomic E-state index is -0.301. The molecular formula is C39H66N8O. The molecule has 4 rings (SSSR count). The zero-order valence-electron chi connectivity index (χ0n) is 31.8. The van der Waals surface area contributed by atoms with Gasteiger partial charge < -0.3 is 27.5 Å². The van der Waals surface area contributed by atoms with Crippen molar-refractivity contribution in [1.82, 2.24) is 19.9 Å². The predicted octanol–water partition coefficient (Wildman–Crippen LogP) is 7.43. The number of aryl methyl sites for hydroxylation is 3. The molecule has 0 aliphatic rings. The number of hydrogen-bond acceptors (Lipinski definition) is 5. The summed E-state index contributed by atoms with van der Waals surface area (Å²) < 4.78 is 1.56. The summed E-state index contributed by atoms with van der Waals surface area (Å²) >= 11 is 0. The van der Waals surface area contributed by atoms with Crippen LogP contribution in [0, 0.1) is 13.8 Å². The van der Waals surface area contributed by atoms with Crippen LogP contribution in [0.4, 0.5) is 0 Å². The Morgan fingerprint density at radius 3 is 2.12 bits per heavy atom. The SMILES string of the molecule is CC.CC.CC.Cc1cc(CCCCN)cc(C(C)(C)C)c1.Cc1cc2cn(-c3ccc(CNCCCN=C(N)N)cc3)c(=O)nc2[nH]1. The summed E-state index contributed by atoms with van der Waals surface area (Å²) in [7, 11) is 0. The third-order valence-electron chi connectivity index (χ3n) is 6.92. The summed E-state index contributed by atoms with van der Waals surface area (Å²) in [6.45, 7) is 25.9. The van der Waals surface area contributed by atoms with Crippen LogP contribution in [-0.4, -0.2) is 40.1 Å². The Bertz CT molecular complexity index is 1510. The minimum absolute atomic E-state index is 0.123. The van der Waals surface area contributed by atoms with Gasteiger partial charge in [-0.15, -0.1) is 0 Å². The van der Waals surface area contributed by atoms with E-state index in [4.69, 9.17) is 17.2 Å². The molecule has 0 spiro atoms. The molecule has 0 saturated heterocycles. The van der Waals surface area contributed by atoms with E-state index in [1.165, 1.54) is 23.1 Å². The quantitative estimate of drug-likeness (QED) is 0.0640. The van der Waals surface area contributed by atoms with Crippen molar-refractivity contribution in [3.63, 3.8) is 0 Å². The maximum atomic E-state index is 12.2. The number of aromatic nitrogens is 3. The second-order valence-electron chi connectivity index (χ2n) is 11.9. The van der Waals surface area contributed by atoms with Crippen LogP contribution >= 0.6 is 0 Å². The Kier molecular flexibility index (Phi) is 22.2. The zero-order valence-corrected chi connectivity index (χ0v) is 31.8. The van der Waals surface area contributed by atoms with Gasteiger partial charge in [-0.2, -0.15) is 4.98 Å². The molecule has 0 bridgehead atoms.